The fourth-order valence-corrected chi connectivity index (χ4v) is 2.81. The van der Waals surface area contributed by atoms with Crippen molar-refractivity contribution in [3.63, 3.8) is 0 Å². The Morgan fingerprint density at radius 3 is 2.88 bits per heavy atom. The third kappa shape index (κ3) is 3.41. The van der Waals surface area contributed by atoms with Crippen LogP contribution in [0.15, 0.2) is 0 Å². The number of aliphatic carboxylic acids is 1. The number of rotatable bonds is 5. The van der Waals surface area contributed by atoms with Crippen molar-refractivity contribution in [2.75, 3.05) is 33.4 Å². The fraction of sp³-hybridized carbons (Fsp3) is 0.875. The molecule has 94 valence electrons. The highest BCUT2D eigenvalue weighted by molar-refractivity contribution is 7.87. The molecule has 8 heteroatoms. The maximum Gasteiger partial charge on any atom is 0.309 e. The van der Waals surface area contributed by atoms with Crippen molar-refractivity contribution < 1.29 is 23.1 Å². The number of carboxylic acid groups (broad SMARTS) is 1. The van der Waals surface area contributed by atoms with Crippen molar-refractivity contribution in [1.29, 1.82) is 0 Å². The lowest BCUT2D eigenvalue weighted by molar-refractivity contribution is -0.141. The van der Waals surface area contributed by atoms with Gasteiger partial charge >= 0.3 is 5.97 Å². The van der Waals surface area contributed by atoms with Crippen LogP contribution in [0.4, 0.5) is 0 Å². The lowest BCUT2D eigenvalue weighted by Gasteiger charge is -2.30. The molecule has 1 aliphatic rings. The number of hydrogen-bond donors (Lipinski definition) is 2. The summed E-state index contributed by atoms with van der Waals surface area (Å²) in [5.41, 5.74) is 0. The smallest absolute Gasteiger partial charge is 0.309 e. The van der Waals surface area contributed by atoms with Crippen LogP contribution in [0.3, 0.4) is 0 Å². The van der Waals surface area contributed by atoms with Crippen molar-refractivity contribution in [3.8, 4) is 0 Å². The van der Waals surface area contributed by atoms with E-state index < -0.39 is 22.1 Å². The van der Waals surface area contributed by atoms with Crippen molar-refractivity contribution in [1.82, 2.24) is 9.03 Å². The summed E-state index contributed by atoms with van der Waals surface area (Å²) in [6.45, 7) is 0.698. The molecule has 16 heavy (non-hydrogen) atoms. The SMILES string of the molecule is COCCCN1CC(C(=O)O)CNS1(=O)=O. The van der Waals surface area contributed by atoms with E-state index in [1.54, 1.807) is 0 Å². The molecule has 7 nitrogen and oxygen atoms in total. The predicted molar refractivity (Wildman–Crippen MR) is 56.1 cm³/mol. The van der Waals surface area contributed by atoms with Crippen LogP contribution in [0.2, 0.25) is 0 Å². The molecule has 0 aromatic carbocycles. The Balaban J connectivity index is 2.58. The van der Waals surface area contributed by atoms with Crippen molar-refractivity contribution in [2.24, 2.45) is 5.92 Å². The molecule has 1 rings (SSSR count). The topological polar surface area (TPSA) is 95.9 Å². The molecule has 1 heterocycles. The Kier molecular flexibility index (Phi) is 4.66. The molecular weight excluding hydrogens is 236 g/mol. The zero-order valence-electron chi connectivity index (χ0n) is 9.05. The number of methoxy groups -OCH3 is 1. The van der Waals surface area contributed by atoms with E-state index in [2.05, 4.69) is 4.72 Å². The summed E-state index contributed by atoms with van der Waals surface area (Å²) in [7, 11) is -1.98. The Hall–Kier alpha value is -0.700. The minimum atomic E-state index is -3.51. The minimum Gasteiger partial charge on any atom is -0.481 e. The van der Waals surface area contributed by atoms with E-state index in [1.165, 1.54) is 7.11 Å². The molecule has 0 spiro atoms. The maximum atomic E-state index is 11.5. The standard InChI is InChI=1S/C8H16N2O5S/c1-15-4-2-3-10-6-7(8(11)12)5-9-16(10,13)14/h7,9H,2-6H2,1H3,(H,11,12). The summed E-state index contributed by atoms with van der Waals surface area (Å²) in [6, 6.07) is 0. The second-order valence-electron chi connectivity index (χ2n) is 3.59. The van der Waals surface area contributed by atoms with Gasteiger partial charge < -0.3 is 9.84 Å². The maximum absolute atomic E-state index is 11.5. The van der Waals surface area contributed by atoms with Gasteiger partial charge in [-0.3, -0.25) is 4.79 Å². The van der Waals surface area contributed by atoms with Gasteiger partial charge in [0, 0.05) is 33.4 Å². The molecule has 0 aliphatic carbocycles. The third-order valence-corrected chi connectivity index (χ3v) is 3.92. The van der Waals surface area contributed by atoms with Crippen LogP contribution in [0.25, 0.3) is 0 Å². The quantitative estimate of drug-likeness (QED) is 0.604. The van der Waals surface area contributed by atoms with Crippen molar-refractivity contribution in [3.05, 3.63) is 0 Å². The molecule has 1 aliphatic heterocycles. The predicted octanol–water partition coefficient (Wildman–Crippen LogP) is -1.13. The van der Waals surface area contributed by atoms with E-state index in [4.69, 9.17) is 9.84 Å². The molecule has 1 unspecified atom stereocenters. The second-order valence-corrected chi connectivity index (χ2v) is 5.35. The number of nitrogens with zero attached hydrogens (tertiary/aromatic N) is 1. The molecular formula is C8H16N2O5S. The lowest BCUT2D eigenvalue weighted by Crippen LogP contribution is -2.53. The molecule has 0 aromatic rings. The van der Waals surface area contributed by atoms with Gasteiger partial charge in [0.1, 0.15) is 0 Å². The second kappa shape index (κ2) is 5.58. The highest BCUT2D eigenvalue weighted by atomic mass is 32.2. The molecule has 1 saturated heterocycles. The lowest BCUT2D eigenvalue weighted by atomic mass is 10.1. The monoisotopic (exact) mass is 252 g/mol. The molecule has 0 aromatic heterocycles. The molecule has 0 amide bonds. The Labute approximate surface area is 94.6 Å². The van der Waals surface area contributed by atoms with E-state index in [0.717, 1.165) is 4.31 Å². The van der Waals surface area contributed by atoms with Crippen LogP contribution in [-0.2, 0) is 19.7 Å². The first-order valence-corrected chi connectivity index (χ1v) is 6.38. The fourth-order valence-electron chi connectivity index (χ4n) is 1.47. The third-order valence-electron chi connectivity index (χ3n) is 2.38. The zero-order valence-corrected chi connectivity index (χ0v) is 9.87. The first-order valence-electron chi connectivity index (χ1n) is 4.94. The van der Waals surface area contributed by atoms with Gasteiger partial charge in [0.25, 0.3) is 10.2 Å². The van der Waals surface area contributed by atoms with E-state index in [-0.39, 0.29) is 19.6 Å². The van der Waals surface area contributed by atoms with Gasteiger partial charge in [-0.2, -0.15) is 12.7 Å². The van der Waals surface area contributed by atoms with Crippen molar-refractivity contribution >= 4 is 16.2 Å². The molecule has 0 saturated carbocycles. The van der Waals surface area contributed by atoms with E-state index in [9.17, 15) is 13.2 Å². The first kappa shape index (κ1) is 13.4. The Bertz CT molecular complexity index is 342. The van der Waals surface area contributed by atoms with Crippen LogP contribution in [-0.4, -0.2) is 57.1 Å². The molecule has 0 bridgehead atoms. The van der Waals surface area contributed by atoms with Crippen LogP contribution in [0.1, 0.15) is 6.42 Å². The summed E-state index contributed by atoms with van der Waals surface area (Å²) in [5, 5.41) is 8.81. The number of ether oxygens (including phenoxy) is 1. The van der Waals surface area contributed by atoms with Gasteiger partial charge in [-0.05, 0) is 6.42 Å². The van der Waals surface area contributed by atoms with Crippen LogP contribution < -0.4 is 4.72 Å². The number of carbonyl (C=O) groups is 1. The van der Waals surface area contributed by atoms with Gasteiger partial charge in [0.05, 0.1) is 5.92 Å². The summed E-state index contributed by atoms with van der Waals surface area (Å²) in [6.07, 6.45) is 0.545. The van der Waals surface area contributed by atoms with Gasteiger partial charge in [0.15, 0.2) is 0 Å². The van der Waals surface area contributed by atoms with Gasteiger partial charge in [-0.15, -0.1) is 0 Å². The average molecular weight is 252 g/mol. The molecule has 1 atom stereocenters. The van der Waals surface area contributed by atoms with Crippen LogP contribution in [0.5, 0.6) is 0 Å². The average Bonchev–Trinajstić information content (AvgIpc) is 2.20. The van der Waals surface area contributed by atoms with Gasteiger partial charge in [0.2, 0.25) is 0 Å². The summed E-state index contributed by atoms with van der Waals surface area (Å²) in [4.78, 5) is 10.8. The highest BCUT2D eigenvalue weighted by Gasteiger charge is 2.34. The van der Waals surface area contributed by atoms with Crippen molar-refractivity contribution in [2.45, 2.75) is 6.42 Å². The van der Waals surface area contributed by atoms with Gasteiger partial charge in [-0.1, -0.05) is 0 Å². The normalized spacial score (nSPS) is 25.4. The molecule has 1 fully saturated rings. The highest BCUT2D eigenvalue weighted by Crippen LogP contribution is 2.12. The number of carboxylic acids is 1. The van der Waals surface area contributed by atoms with Crippen LogP contribution in [0, 0.1) is 5.92 Å². The van der Waals surface area contributed by atoms with Gasteiger partial charge in [-0.25, -0.2) is 4.72 Å². The van der Waals surface area contributed by atoms with E-state index in [1.807, 2.05) is 0 Å². The van der Waals surface area contributed by atoms with E-state index >= 15 is 0 Å². The Morgan fingerprint density at radius 1 is 1.62 bits per heavy atom. The summed E-state index contributed by atoms with van der Waals surface area (Å²) in [5.74, 6) is -1.68. The molecule has 0 radical (unpaired) electrons. The Morgan fingerprint density at radius 2 is 2.31 bits per heavy atom. The van der Waals surface area contributed by atoms with Crippen LogP contribution >= 0.6 is 0 Å². The minimum absolute atomic E-state index is 0.0222. The largest absolute Gasteiger partial charge is 0.481 e. The summed E-state index contributed by atoms with van der Waals surface area (Å²) >= 11 is 0. The number of nitrogens with one attached hydrogen (secondary N) is 1. The number of hydrogen-bond acceptors (Lipinski definition) is 4. The van der Waals surface area contributed by atoms with E-state index in [0.29, 0.717) is 13.0 Å². The summed E-state index contributed by atoms with van der Waals surface area (Å²) < 4.78 is 31.3. The zero-order chi connectivity index (χ0) is 12.2. The first-order chi connectivity index (χ1) is 7.47. The molecule has 2 N–H and O–H groups in total.